The Bertz CT molecular complexity index is 710. The van der Waals surface area contributed by atoms with Crippen LogP contribution in [0.3, 0.4) is 0 Å². The Balaban J connectivity index is 1.68. The molecule has 148 valence electrons. The average molecular weight is 376 g/mol. The molecule has 0 bridgehead atoms. The number of rotatable bonds is 5. The standard InChI is InChI=1S/C18H28N6O3/c1-3-6-13-10-15(25)22-18(20-13)24-14(9-11(2)23-24)21-17(27)16(26)19-12-7-4-5-8-12/h9,12-13,18,20H,3-8,10H2,1-2H3,(H,19,26)(H,21,27)(H,22,25). The number of aromatic nitrogens is 2. The Morgan fingerprint density at radius 2 is 2.04 bits per heavy atom. The normalized spacial score (nSPS) is 23.1. The summed E-state index contributed by atoms with van der Waals surface area (Å²) >= 11 is 0. The molecule has 9 heteroatoms. The van der Waals surface area contributed by atoms with E-state index in [9.17, 15) is 14.4 Å². The Morgan fingerprint density at radius 1 is 1.30 bits per heavy atom. The molecule has 4 N–H and O–H groups in total. The summed E-state index contributed by atoms with van der Waals surface area (Å²) in [5.41, 5.74) is 0.676. The van der Waals surface area contributed by atoms with E-state index in [1.165, 1.54) is 4.68 Å². The van der Waals surface area contributed by atoms with Crippen molar-refractivity contribution in [1.29, 1.82) is 0 Å². The van der Waals surface area contributed by atoms with Crippen molar-refractivity contribution in [3.63, 3.8) is 0 Å². The van der Waals surface area contributed by atoms with E-state index in [2.05, 4.69) is 33.3 Å². The number of aryl methyl sites for hydroxylation is 1. The van der Waals surface area contributed by atoms with Crippen LogP contribution in [0.25, 0.3) is 0 Å². The van der Waals surface area contributed by atoms with Crippen LogP contribution < -0.4 is 21.3 Å². The highest BCUT2D eigenvalue weighted by Crippen LogP contribution is 2.19. The maximum absolute atomic E-state index is 12.3. The molecule has 0 radical (unpaired) electrons. The number of nitrogens with zero attached hydrogens (tertiary/aromatic N) is 2. The van der Waals surface area contributed by atoms with Crippen molar-refractivity contribution < 1.29 is 14.4 Å². The van der Waals surface area contributed by atoms with Gasteiger partial charge in [0.25, 0.3) is 0 Å². The molecule has 1 aliphatic carbocycles. The van der Waals surface area contributed by atoms with Crippen LogP contribution in [-0.2, 0) is 14.4 Å². The number of carbonyl (C=O) groups is 3. The third kappa shape index (κ3) is 4.85. The van der Waals surface area contributed by atoms with E-state index in [0.717, 1.165) is 38.5 Å². The third-order valence-corrected chi connectivity index (χ3v) is 5.00. The van der Waals surface area contributed by atoms with Crippen molar-refractivity contribution >= 4 is 23.5 Å². The molecular formula is C18H28N6O3. The molecule has 0 spiro atoms. The summed E-state index contributed by atoms with van der Waals surface area (Å²) < 4.78 is 1.51. The minimum absolute atomic E-state index is 0.0486. The summed E-state index contributed by atoms with van der Waals surface area (Å²) in [6, 6.07) is 1.80. The van der Waals surface area contributed by atoms with Crippen LogP contribution in [0.2, 0.25) is 0 Å². The van der Waals surface area contributed by atoms with Gasteiger partial charge < -0.3 is 16.0 Å². The van der Waals surface area contributed by atoms with E-state index >= 15 is 0 Å². The molecule has 9 nitrogen and oxygen atoms in total. The van der Waals surface area contributed by atoms with Crippen molar-refractivity contribution in [2.75, 3.05) is 5.32 Å². The van der Waals surface area contributed by atoms with E-state index in [1.54, 1.807) is 13.0 Å². The van der Waals surface area contributed by atoms with Gasteiger partial charge in [-0.1, -0.05) is 26.2 Å². The molecule has 27 heavy (non-hydrogen) atoms. The monoisotopic (exact) mass is 376 g/mol. The predicted molar refractivity (Wildman–Crippen MR) is 99.6 cm³/mol. The highest BCUT2D eigenvalue weighted by Gasteiger charge is 2.29. The molecule has 3 rings (SSSR count). The van der Waals surface area contributed by atoms with Gasteiger partial charge in [-0.05, 0) is 26.2 Å². The van der Waals surface area contributed by atoms with Crippen LogP contribution in [0, 0.1) is 6.92 Å². The van der Waals surface area contributed by atoms with Gasteiger partial charge in [-0.3, -0.25) is 19.7 Å². The van der Waals surface area contributed by atoms with Crippen LogP contribution in [-0.4, -0.2) is 39.6 Å². The first-order valence-electron chi connectivity index (χ1n) is 9.69. The van der Waals surface area contributed by atoms with E-state index in [1.807, 2.05) is 0 Å². The fourth-order valence-corrected chi connectivity index (χ4v) is 3.73. The zero-order valence-corrected chi connectivity index (χ0v) is 15.9. The molecule has 1 saturated carbocycles. The van der Waals surface area contributed by atoms with Crippen LogP contribution in [0.5, 0.6) is 0 Å². The molecule has 0 aromatic carbocycles. The number of hydrogen-bond donors (Lipinski definition) is 4. The molecule has 3 amide bonds. The molecule has 1 aromatic rings. The number of amides is 3. The molecule has 1 aromatic heterocycles. The lowest BCUT2D eigenvalue weighted by Crippen LogP contribution is -2.53. The Kier molecular flexibility index (Phi) is 6.10. The van der Waals surface area contributed by atoms with Crippen molar-refractivity contribution in [3.8, 4) is 0 Å². The maximum atomic E-state index is 12.3. The molecule has 1 saturated heterocycles. The smallest absolute Gasteiger partial charge is 0.314 e. The number of carbonyl (C=O) groups excluding carboxylic acids is 3. The number of hydrogen-bond acceptors (Lipinski definition) is 5. The molecule has 2 atom stereocenters. The van der Waals surface area contributed by atoms with Gasteiger partial charge in [0, 0.05) is 24.6 Å². The summed E-state index contributed by atoms with van der Waals surface area (Å²) in [5, 5.41) is 15.9. The second-order valence-corrected chi connectivity index (χ2v) is 7.35. The first kappa shape index (κ1) is 19.3. The highest BCUT2D eigenvalue weighted by molar-refractivity contribution is 6.39. The van der Waals surface area contributed by atoms with Gasteiger partial charge in [0.05, 0.1) is 5.69 Å². The highest BCUT2D eigenvalue weighted by atomic mass is 16.2. The molecule has 2 fully saturated rings. The molecule has 2 aliphatic rings. The van der Waals surface area contributed by atoms with Gasteiger partial charge in [-0.15, -0.1) is 0 Å². The number of anilines is 1. The lowest BCUT2D eigenvalue weighted by Gasteiger charge is -2.32. The van der Waals surface area contributed by atoms with Crippen molar-refractivity contribution in [1.82, 2.24) is 25.7 Å². The van der Waals surface area contributed by atoms with Gasteiger partial charge in [0.2, 0.25) is 5.91 Å². The third-order valence-electron chi connectivity index (χ3n) is 5.00. The summed E-state index contributed by atoms with van der Waals surface area (Å²) in [7, 11) is 0. The van der Waals surface area contributed by atoms with Gasteiger partial charge >= 0.3 is 11.8 Å². The average Bonchev–Trinajstić information content (AvgIpc) is 3.24. The summed E-state index contributed by atoms with van der Waals surface area (Å²) in [5.74, 6) is -1.07. The van der Waals surface area contributed by atoms with Gasteiger partial charge in [-0.2, -0.15) is 5.10 Å². The zero-order chi connectivity index (χ0) is 19.4. The first-order valence-corrected chi connectivity index (χ1v) is 9.69. The fourth-order valence-electron chi connectivity index (χ4n) is 3.73. The van der Waals surface area contributed by atoms with E-state index < -0.39 is 18.1 Å². The van der Waals surface area contributed by atoms with Crippen molar-refractivity contribution in [3.05, 3.63) is 11.8 Å². The summed E-state index contributed by atoms with van der Waals surface area (Å²) in [4.78, 5) is 36.5. The van der Waals surface area contributed by atoms with E-state index in [-0.39, 0.29) is 18.0 Å². The largest absolute Gasteiger partial charge is 0.345 e. The van der Waals surface area contributed by atoms with Gasteiger partial charge in [0.15, 0.2) is 6.29 Å². The van der Waals surface area contributed by atoms with Crippen LogP contribution >= 0.6 is 0 Å². The second kappa shape index (κ2) is 8.51. The number of nitrogens with one attached hydrogen (secondary N) is 4. The summed E-state index contributed by atoms with van der Waals surface area (Å²) in [6.45, 7) is 3.86. The lowest BCUT2D eigenvalue weighted by molar-refractivity contribution is -0.136. The SMILES string of the molecule is CCCC1CC(=O)NC(n2nc(C)cc2NC(=O)C(=O)NC2CCCC2)N1. The van der Waals surface area contributed by atoms with Crippen LogP contribution in [0.15, 0.2) is 6.07 Å². The maximum Gasteiger partial charge on any atom is 0.314 e. The molecule has 2 heterocycles. The summed E-state index contributed by atoms with van der Waals surface area (Å²) in [6.07, 6.45) is 5.64. The Labute approximate surface area is 158 Å². The second-order valence-electron chi connectivity index (χ2n) is 7.35. The van der Waals surface area contributed by atoms with E-state index in [0.29, 0.717) is 17.9 Å². The quantitative estimate of drug-likeness (QED) is 0.570. The fraction of sp³-hybridized carbons (Fsp3) is 0.667. The lowest BCUT2D eigenvalue weighted by atomic mass is 10.1. The molecule has 2 unspecified atom stereocenters. The minimum Gasteiger partial charge on any atom is -0.345 e. The van der Waals surface area contributed by atoms with Gasteiger partial charge in [0.1, 0.15) is 5.82 Å². The topological polar surface area (TPSA) is 117 Å². The first-order chi connectivity index (χ1) is 13.0. The van der Waals surface area contributed by atoms with E-state index in [4.69, 9.17) is 0 Å². The van der Waals surface area contributed by atoms with Crippen LogP contribution in [0.1, 0.15) is 63.9 Å². The van der Waals surface area contributed by atoms with Crippen molar-refractivity contribution in [2.45, 2.75) is 77.2 Å². The predicted octanol–water partition coefficient (Wildman–Crippen LogP) is 0.923. The Morgan fingerprint density at radius 3 is 2.74 bits per heavy atom. The minimum atomic E-state index is -0.727. The Hall–Kier alpha value is -2.42. The van der Waals surface area contributed by atoms with Crippen molar-refractivity contribution in [2.24, 2.45) is 0 Å². The zero-order valence-electron chi connectivity index (χ0n) is 15.9. The molecule has 1 aliphatic heterocycles. The van der Waals surface area contributed by atoms with Crippen LogP contribution in [0.4, 0.5) is 5.82 Å². The van der Waals surface area contributed by atoms with Gasteiger partial charge in [-0.25, -0.2) is 4.68 Å². The molecular weight excluding hydrogens is 348 g/mol.